The van der Waals surface area contributed by atoms with E-state index < -0.39 is 6.10 Å². The van der Waals surface area contributed by atoms with E-state index in [4.69, 9.17) is 0 Å². The first kappa shape index (κ1) is 12.2. The molecule has 1 aromatic rings. The van der Waals surface area contributed by atoms with Crippen LogP contribution in [0.3, 0.4) is 0 Å². The molecule has 3 unspecified atom stereocenters. The van der Waals surface area contributed by atoms with Gasteiger partial charge in [-0.05, 0) is 6.92 Å². The molecule has 2 rings (SSSR count). The van der Waals surface area contributed by atoms with Crippen molar-refractivity contribution in [2.45, 2.75) is 37.4 Å². The lowest BCUT2D eigenvalue weighted by atomic mass is 10.3. The summed E-state index contributed by atoms with van der Waals surface area (Å²) in [6, 6.07) is 0. The number of anilines is 1. The third-order valence-electron chi connectivity index (χ3n) is 2.63. The maximum Gasteiger partial charge on any atom is 0.185 e. The monoisotopic (exact) mass is 258 g/mol. The molecule has 3 nitrogen and oxygen atoms in total. The summed E-state index contributed by atoms with van der Waals surface area (Å²) in [6.45, 7) is 8.40. The van der Waals surface area contributed by atoms with Gasteiger partial charge >= 0.3 is 0 Å². The molecular weight excluding hydrogens is 240 g/mol. The fraction of sp³-hybridized carbons (Fsp3) is 0.727. The third kappa shape index (κ3) is 2.70. The molecule has 16 heavy (non-hydrogen) atoms. The zero-order chi connectivity index (χ0) is 11.7. The Hall–Kier alpha value is -0.260. The Labute approximate surface area is 105 Å². The van der Waals surface area contributed by atoms with Gasteiger partial charge in [-0.25, -0.2) is 4.98 Å². The van der Waals surface area contributed by atoms with Crippen molar-refractivity contribution in [3.63, 3.8) is 0 Å². The summed E-state index contributed by atoms with van der Waals surface area (Å²) in [5, 5.41) is 13.8. The number of hydrogen-bond acceptors (Lipinski definition) is 5. The van der Waals surface area contributed by atoms with Crippen molar-refractivity contribution in [1.82, 2.24) is 4.98 Å². The fourth-order valence-corrected chi connectivity index (χ4v) is 4.20. The van der Waals surface area contributed by atoms with Gasteiger partial charge in [0.1, 0.15) is 0 Å². The molecule has 0 saturated carbocycles. The van der Waals surface area contributed by atoms with Gasteiger partial charge in [0.2, 0.25) is 0 Å². The lowest BCUT2D eigenvalue weighted by Gasteiger charge is -2.34. The van der Waals surface area contributed by atoms with Crippen LogP contribution in [0.15, 0.2) is 5.38 Å². The van der Waals surface area contributed by atoms with Gasteiger partial charge in [0, 0.05) is 29.0 Å². The molecule has 0 amide bonds. The molecule has 1 saturated heterocycles. The zero-order valence-electron chi connectivity index (χ0n) is 9.88. The number of thioether (sulfide) groups is 1. The van der Waals surface area contributed by atoms with Crippen LogP contribution in [0.5, 0.6) is 0 Å². The van der Waals surface area contributed by atoms with E-state index in [2.05, 4.69) is 23.7 Å². The molecule has 1 aromatic heterocycles. The Morgan fingerprint density at radius 1 is 1.44 bits per heavy atom. The second-order valence-corrected chi connectivity index (χ2v) is 7.11. The second kappa shape index (κ2) is 4.94. The summed E-state index contributed by atoms with van der Waals surface area (Å²) in [6.07, 6.45) is -0.459. The molecule has 2 heterocycles. The van der Waals surface area contributed by atoms with Gasteiger partial charge in [-0.2, -0.15) is 11.8 Å². The smallest absolute Gasteiger partial charge is 0.185 e. The van der Waals surface area contributed by atoms with E-state index in [1.165, 1.54) is 0 Å². The van der Waals surface area contributed by atoms with Gasteiger partial charge in [-0.1, -0.05) is 13.8 Å². The van der Waals surface area contributed by atoms with Crippen molar-refractivity contribution in [2.75, 3.05) is 18.0 Å². The van der Waals surface area contributed by atoms with Crippen LogP contribution in [0.2, 0.25) is 0 Å². The minimum absolute atomic E-state index is 0.459. The van der Waals surface area contributed by atoms with Crippen LogP contribution in [-0.2, 0) is 0 Å². The standard InChI is InChI=1S/C11H18N2OS2/c1-7-4-13(5-8(2)16-7)11-12-10(6-15-11)9(3)14/h6-9,14H,4-5H2,1-3H3. The normalized spacial score (nSPS) is 28.1. The highest BCUT2D eigenvalue weighted by molar-refractivity contribution is 8.00. The number of aliphatic hydroxyl groups excluding tert-OH is 1. The van der Waals surface area contributed by atoms with Crippen LogP contribution in [0.1, 0.15) is 32.6 Å². The fourth-order valence-electron chi connectivity index (χ4n) is 1.95. The highest BCUT2D eigenvalue weighted by atomic mass is 32.2. The Balaban J connectivity index is 2.10. The van der Waals surface area contributed by atoms with Crippen molar-refractivity contribution in [3.8, 4) is 0 Å². The van der Waals surface area contributed by atoms with E-state index in [0.717, 1.165) is 23.9 Å². The van der Waals surface area contributed by atoms with E-state index >= 15 is 0 Å². The maximum absolute atomic E-state index is 9.46. The van der Waals surface area contributed by atoms with Gasteiger partial charge in [-0.3, -0.25) is 0 Å². The van der Waals surface area contributed by atoms with E-state index in [0.29, 0.717) is 10.5 Å². The first-order chi connectivity index (χ1) is 7.56. The predicted octanol–water partition coefficient (Wildman–Crippen LogP) is 2.53. The number of rotatable bonds is 2. The summed E-state index contributed by atoms with van der Waals surface area (Å²) in [5.74, 6) is 0. The van der Waals surface area contributed by atoms with E-state index in [1.54, 1.807) is 18.3 Å². The van der Waals surface area contributed by atoms with Gasteiger partial charge < -0.3 is 10.0 Å². The molecule has 0 radical (unpaired) electrons. The Morgan fingerprint density at radius 2 is 2.06 bits per heavy atom. The number of thiazole rings is 1. The second-order valence-electron chi connectivity index (χ2n) is 4.39. The van der Waals surface area contributed by atoms with Crippen LogP contribution < -0.4 is 4.90 Å². The first-order valence-corrected chi connectivity index (χ1v) is 7.42. The highest BCUT2D eigenvalue weighted by Crippen LogP contribution is 2.31. The molecule has 90 valence electrons. The van der Waals surface area contributed by atoms with Crippen LogP contribution in [0, 0.1) is 0 Å². The van der Waals surface area contributed by atoms with Gasteiger partial charge in [-0.15, -0.1) is 11.3 Å². The van der Waals surface area contributed by atoms with Gasteiger partial charge in [0.05, 0.1) is 11.8 Å². The molecule has 5 heteroatoms. The Bertz CT molecular complexity index is 344. The summed E-state index contributed by atoms with van der Waals surface area (Å²) >= 11 is 3.67. The average molecular weight is 258 g/mol. The van der Waals surface area contributed by atoms with Crippen LogP contribution in [0.4, 0.5) is 5.13 Å². The highest BCUT2D eigenvalue weighted by Gasteiger charge is 2.24. The molecule has 3 atom stereocenters. The minimum atomic E-state index is -0.459. The van der Waals surface area contributed by atoms with Gasteiger partial charge in [0.15, 0.2) is 5.13 Å². The summed E-state index contributed by atoms with van der Waals surface area (Å²) in [5.41, 5.74) is 0.790. The van der Waals surface area contributed by atoms with E-state index in [1.807, 2.05) is 17.1 Å². The van der Waals surface area contributed by atoms with Crippen molar-refractivity contribution in [1.29, 1.82) is 0 Å². The van der Waals surface area contributed by atoms with Crippen molar-refractivity contribution in [2.24, 2.45) is 0 Å². The number of aromatic nitrogens is 1. The third-order valence-corrected chi connectivity index (χ3v) is 4.78. The Morgan fingerprint density at radius 3 is 2.56 bits per heavy atom. The minimum Gasteiger partial charge on any atom is -0.387 e. The maximum atomic E-state index is 9.46. The molecule has 1 aliphatic heterocycles. The summed E-state index contributed by atoms with van der Waals surface area (Å²) in [4.78, 5) is 6.82. The SMILES string of the molecule is CC1CN(c2nc(C(C)O)cs2)CC(C)S1. The predicted molar refractivity (Wildman–Crippen MR) is 71.5 cm³/mol. The lowest BCUT2D eigenvalue weighted by Crippen LogP contribution is -2.40. The molecule has 0 aliphatic carbocycles. The summed E-state index contributed by atoms with van der Waals surface area (Å²) in [7, 11) is 0. The number of aliphatic hydroxyl groups is 1. The lowest BCUT2D eigenvalue weighted by molar-refractivity contribution is 0.195. The number of hydrogen-bond donors (Lipinski definition) is 1. The Kier molecular flexibility index (Phi) is 3.77. The van der Waals surface area contributed by atoms with Crippen molar-refractivity contribution >= 4 is 28.2 Å². The quantitative estimate of drug-likeness (QED) is 0.884. The largest absolute Gasteiger partial charge is 0.387 e. The summed E-state index contributed by atoms with van der Waals surface area (Å²) < 4.78 is 0. The molecule has 0 spiro atoms. The molecule has 1 aliphatic rings. The van der Waals surface area contributed by atoms with Crippen molar-refractivity contribution in [3.05, 3.63) is 11.1 Å². The van der Waals surface area contributed by atoms with Crippen LogP contribution >= 0.6 is 23.1 Å². The molecule has 0 bridgehead atoms. The van der Waals surface area contributed by atoms with Crippen molar-refractivity contribution < 1.29 is 5.11 Å². The zero-order valence-corrected chi connectivity index (χ0v) is 11.5. The van der Waals surface area contributed by atoms with Crippen LogP contribution in [-0.4, -0.2) is 33.7 Å². The van der Waals surface area contributed by atoms with Crippen LogP contribution in [0.25, 0.3) is 0 Å². The van der Waals surface area contributed by atoms with E-state index in [9.17, 15) is 5.11 Å². The van der Waals surface area contributed by atoms with E-state index in [-0.39, 0.29) is 0 Å². The molecular formula is C11H18N2OS2. The van der Waals surface area contributed by atoms with Gasteiger partial charge in [0.25, 0.3) is 0 Å². The topological polar surface area (TPSA) is 36.4 Å². The molecule has 1 fully saturated rings. The number of nitrogens with zero attached hydrogens (tertiary/aromatic N) is 2. The molecule has 1 N–H and O–H groups in total. The average Bonchev–Trinajstić information content (AvgIpc) is 2.64. The first-order valence-electron chi connectivity index (χ1n) is 5.60. The molecule has 0 aromatic carbocycles.